The molecule has 1 aliphatic rings. The van der Waals surface area contributed by atoms with Gasteiger partial charge in [-0.05, 0) is 25.5 Å². The van der Waals surface area contributed by atoms with E-state index in [2.05, 4.69) is 0 Å². The van der Waals surface area contributed by atoms with Gasteiger partial charge >= 0.3 is 0 Å². The summed E-state index contributed by atoms with van der Waals surface area (Å²) in [5.74, 6) is 1.01. The van der Waals surface area contributed by atoms with E-state index in [1.807, 2.05) is 56.3 Å². The number of benzene rings is 2. The van der Waals surface area contributed by atoms with Gasteiger partial charge < -0.3 is 9.64 Å². The predicted molar refractivity (Wildman–Crippen MR) is 104 cm³/mol. The number of allylic oxidation sites excluding steroid dienone is 1. The molecule has 134 valence electrons. The standard InChI is InChI=1S/C21H21NO3S/c1-14-8-9-19(25-3)16(10-14)12-22-20(24)13-26-21(22)11-18(23)17-7-5-4-6-15(17)2/h4-11H,12-13H2,1-3H3/b21-11-. The summed E-state index contributed by atoms with van der Waals surface area (Å²) in [4.78, 5) is 26.7. The minimum Gasteiger partial charge on any atom is -0.496 e. The third-order valence-electron chi connectivity index (χ3n) is 4.34. The minimum atomic E-state index is -0.0819. The SMILES string of the molecule is COc1ccc(C)cc1CN1C(=O)CS/C1=C\C(=O)c1ccccc1C. The molecule has 0 N–H and O–H groups in total. The maximum absolute atomic E-state index is 12.7. The lowest BCUT2D eigenvalue weighted by atomic mass is 10.0. The van der Waals surface area contributed by atoms with Crippen LogP contribution in [0.4, 0.5) is 0 Å². The Morgan fingerprint density at radius 1 is 1.23 bits per heavy atom. The highest BCUT2D eigenvalue weighted by Gasteiger charge is 2.28. The smallest absolute Gasteiger partial charge is 0.238 e. The second-order valence-electron chi connectivity index (χ2n) is 6.25. The van der Waals surface area contributed by atoms with E-state index in [-0.39, 0.29) is 11.7 Å². The van der Waals surface area contributed by atoms with Crippen molar-refractivity contribution >= 4 is 23.5 Å². The molecule has 0 bridgehead atoms. The molecule has 5 heteroatoms. The summed E-state index contributed by atoms with van der Waals surface area (Å²) in [7, 11) is 1.62. The largest absolute Gasteiger partial charge is 0.496 e. The van der Waals surface area contributed by atoms with Gasteiger partial charge in [-0.3, -0.25) is 9.59 Å². The summed E-state index contributed by atoms with van der Waals surface area (Å²) in [6, 6.07) is 13.4. The molecule has 0 aromatic heterocycles. The van der Waals surface area contributed by atoms with Gasteiger partial charge in [0.15, 0.2) is 5.78 Å². The first-order valence-electron chi connectivity index (χ1n) is 8.38. The van der Waals surface area contributed by atoms with E-state index >= 15 is 0 Å². The van der Waals surface area contributed by atoms with Gasteiger partial charge in [0, 0.05) is 17.2 Å². The van der Waals surface area contributed by atoms with Crippen molar-refractivity contribution in [3.05, 3.63) is 75.8 Å². The molecule has 0 spiro atoms. The Kier molecular flexibility index (Phi) is 5.47. The average Bonchev–Trinajstić information content (AvgIpc) is 2.95. The third kappa shape index (κ3) is 3.83. The van der Waals surface area contributed by atoms with Gasteiger partial charge in [-0.15, -0.1) is 0 Å². The quantitative estimate of drug-likeness (QED) is 0.589. The summed E-state index contributed by atoms with van der Waals surface area (Å²) in [5.41, 5.74) is 3.61. The van der Waals surface area contributed by atoms with Gasteiger partial charge in [-0.25, -0.2) is 0 Å². The average molecular weight is 367 g/mol. The van der Waals surface area contributed by atoms with Gasteiger partial charge in [0.1, 0.15) is 5.75 Å². The van der Waals surface area contributed by atoms with Crippen molar-refractivity contribution in [3.63, 3.8) is 0 Å². The van der Waals surface area contributed by atoms with Gasteiger partial charge in [0.25, 0.3) is 0 Å². The molecular formula is C21H21NO3S. The zero-order valence-corrected chi connectivity index (χ0v) is 15.9. The molecule has 0 unspecified atom stereocenters. The molecule has 1 amide bonds. The maximum atomic E-state index is 12.7. The number of rotatable bonds is 5. The summed E-state index contributed by atoms with van der Waals surface area (Å²) in [6.07, 6.45) is 1.57. The lowest BCUT2D eigenvalue weighted by molar-refractivity contribution is -0.125. The summed E-state index contributed by atoms with van der Waals surface area (Å²) in [5, 5.41) is 0.687. The first kappa shape index (κ1) is 18.3. The van der Waals surface area contributed by atoms with Crippen molar-refractivity contribution in [1.29, 1.82) is 0 Å². The van der Waals surface area contributed by atoms with Gasteiger partial charge in [0.05, 0.1) is 24.4 Å². The molecule has 1 saturated heterocycles. The molecule has 1 aliphatic heterocycles. The van der Waals surface area contributed by atoms with E-state index in [0.717, 1.165) is 22.4 Å². The van der Waals surface area contributed by atoms with Crippen LogP contribution in [0.25, 0.3) is 0 Å². The molecule has 2 aromatic carbocycles. The molecule has 0 saturated carbocycles. The number of aryl methyl sites for hydroxylation is 2. The predicted octanol–water partition coefficient (Wildman–Crippen LogP) is 4.11. The molecule has 26 heavy (non-hydrogen) atoms. The van der Waals surface area contributed by atoms with Crippen LogP contribution in [-0.4, -0.2) is 29.5 Å². The maximum Gasteiger partial charge on any atom is 0.238 e. The first-order chi connectivity index (χ1) is 12.5. The van der Waals surface area contributed by atoms with Gasteiger partial charge in [-0.1, -0.05) is 53.7 Å². The number of methoxy groups -OCH3 is 1. The van der Waals surface area contributed by atoms with Crippen LogP contribution in [0.2, 0.25) is 0 Å². The van der Waals surface area contributed by atoms with Crippen LogP contribution in [0.3, 0.4) is 0 Å². The summed E-state index contributed by atoms with van der Waals surface area (Å²) >= 11 is 1.40. The molecule has 2 aromatic rings. The van der Waals surface area contributed by atoms with Crippen LogP contribution in [0.5, 0.6) is 5.75 Å². The zero-order valence-electron chi connectivity index (χ0n) is 15.1. The molecule has 1 fully saturated rings. The second kappa shape index (κ2) is 7.79. The van der Waals surface area contributed by atoms with E-state index in [1.165, 1.54) is 11.8 Å². The third-order valence-corrected chi connectivity index (χ3v) is 5.37. The molecule has 0 aliphatic carbocycles. The lowest BCUT2D eigenvalue weighted by Gasteiger charge is -2.19. The Hall–Kier alpha value is -2.53. The monoisotopic (exact) mass is 367 g/mol. The van der Waals surface area contributed by atoms with Crippen molar-refractivity contribution in [2.75, 3.05) is 12.9 Å². The highest BCUT2D eigenvalue weighted by molar-refractivity contribution is 8.04. The van der Waals surface area contributed by atoms with E-state index in [4.69, 9.17) is 4.74 Å². The van der Waals surface area contributed by atoms with Crippen molar-refractivity contribution in [2.24, 2.45) is 0 Å². The minimum absolute atomic E-state index is 0.00222. The Morgan fingerprint density at radius 2 is 2.00 bits per heavy atom. The fourth-order valence-corrected chi connectivity index (χ4v) is 3.88. The number of carbonyl (C=O) groups is 2. The fourth-order valence-electron chi connectivity index (χ4n) is 2.94. The van der Waals surface area contributed by atoms with E-state index < -0.39 is 0 Å². The van der Waals surface area contributed by atoms with E-state index in [0.29, 0.717) is 22.9 Å². The molecule has 1 heterocycles. The second-order valence-corrected chi connectivity index (χ2v) is 7.24. The number of ketones is 1. The van der Waals surface area contributed by atoms with Crippen LogP contribution in [0, 0.1) is 13.8 Å². The number of carbonyl (C=O) groups excluding carboxylic acids is 2. The summed E-state index contributed by atoms with van der Waals surface area (Å²) < 4.78 is 5.42. The van der Waals surface area contributed by atoms with Gasteiger partial charge in [-0.2, -0.15) is 0 Å². The van der Waals surface area contributed by atoms with E-state index in [1.54, 1.807) is 18.1 Å². The Labute approximate surface area is 157 Å². The van der Waals surface area contributed by atoms with Crippen LogP contribution in [0.1, 0.15) is 27.0 Å². The summed E-state index contributed by atoms with van der Waals surface area (Å²) in [6.45, 7) is 4.31. The fraction of sp³-hybridized carbons (Fsp3) is 0.238. The van der Waals surface area contributed by atoms with Gasteiger partial charge in [0.2, 0.25) is 5.91 Å². The number of ether oxygens (including phenoxy) is 1. The number of hydrogen-bond acceptors (Lipinski definition) is 4. The van der Waals surface area contributed by atoms with Crippen molar-refractivity contribution in [3.8, 4) is 5.75 Å². The normalized spacial score (nSPS) is 15.6. The molecular weight excluding hydrogens is 346 g/mol. The van der Waals surface area contributed by atoms with Crippen molar-refractivity contribution in [1.82, 2.24) is 4.90 Å². The van der Waals surface area contributed by atoms with E-state index in [9.17, 15) is 9.59 Å². The van der Waals surface area contributed by atoms with Crippen LogP contribution < -0.4 is 4.74 Å². The highest BCUT2D eigenvalue weighted by Crippen LogP contribution is 2.33. The zero-order chi connectivity index (χ0) is 18.7. The Morgan fingerprint density at radius 3 is 2.73 bits per heavy atom. The number of thioether (sulfide) groups is 1. The number of hydrogen-bond donors (Lipinski definition) is 0. The van der Waals surface area contributed by atoms with Crippen LogP contribution >= 0.6 is 11.8 Å². The lowest BCUT2D eigenvalue weighted by Crippen LogP contribution is -2.24. The van der Waals surface area contributed by atoms with Crippen molar-refractivity contribution < 1.29 is 14.3 Å². The molecule has 0 radical (unpaired) electrons. The topological polar surface area (TPSA) is 46.6 Å². The van der Waals surface area contributed by atoms with Crippen LogP contribution in [0.15, 0.2) is 53.6 Å². The Balaban J connectivity index is 1.89. The first-order valence-corrected chi connectivity index (χ1v) is 9.36. The number of amides is 1. The van der Waals surface area contributed by atoms with Crippen molar-refractivity contribution in [2.45, 2.75) is 20.4 Å². The molecule has 3 rings (SSSR count). The molecule has 4 nitrogen and oxygen atoms in total. The molecule has 0 atom stereocenters. The van der Waals surface area contributed by atoms with Crippen LogP contribution in [-0.2, 0) is 11.3 Å². The highest BCUT2D eigenvalue weighted by atomic mass is 32.2. The number of nitrogens with zero attached hydrogens (tertiary/aromatic N) is 1. The Bertz CT molecular complexity index is 889.